The number of aryl methyl sites for hydroxylation is 1. The van der Waals surface area contributed by atoms with Crippen LogP contribution >= 0.6 is 0 Å². The van der Waals surface area contributed by atoms with E-state index in [1.807, 2.05) is 6.92 Å². The van der Waals surface area contributed by atoms with Crippen LogP contribution in [0.25, 0.3) is 0 Å². The maximum atomic E-state index is 12.6. The van der Waals surface area contributed by atoms with Gasteiger partial charge in [-0.15, -0.1) is 0 Å². The van der Waals surface area contributed by atoms with Gasteiger partial charge in [0, 0.05) is 24.2 Å². The highest BCUT2D eigenvalue weighted by atomic mass is 32.2. The number of aromatic nitrogens is 1. The maximum Gasteiger partial charge on any atom is 0.338 e. The summed E-state index contributed by atoms with van der Waals surface area (Å²) in [6, 6.07) is 9.79. The molecule has 1 unspecified atom stereocenters. The van der Waals surface area contributed by atoms with E-state index in [4.69, 9.17) is 4.74 Å². The SMILES string of the molecule is Cc1ccc(S(=O)(=O)Nc2cccc(C(C)C3=C(O)CC(C)(C)OC3=O)c2)nc1. The normalized spacial score (nSPS) is 17.6. The van der Waals surface area contributed by atoms with Crippen LogP contribution in [0.5, 0.6) is 0 Å². The van der Waals surface area contributed by atoms with Gasteiger partial charge in [-0.3, -0.25) is 4.72 Å². The fraction of sp³-hybridized carbons (Fsp3) is 0.333. The number of cyclic esters (lactones) is 1. The van der Waals surface area contributed by atoms with Gasteiger partial charge in [0.05, 0.1) is 5.57 Å². The average molecular weight is 416 g/mol. The Morgan fingerprint density at radius 3 is 2.59 bits per heavy atom. The molecule has 1 atom stereocenters. The number of nitrogens with zero attached hydrogens (tertiary/aromatic N) is 1. The molecular formula is C21H24N2O5S. The van der Waals surface area contributed by atoms with Crippen LogP contribution in [0.4, 0.5) is 5.69 Å². The molecule has 0 spiro atoms. The van der Waals surface area contributed by atoms with E-state index in [1.165, 1.54) is 12.3 Å². The van der Waals surface area contributed by atoms with E-state index in [9.17, 15) is 18.3 Å². The molecule has 2 N–H and O–H groups in total. The van der Waals surface area contributed by atoms with Crippen LogP contribution in [0.2, 0.25) is 0 Å². The summed E-state index contributed by atoms with van der Waals surface area (Å²) in [7, 11) is -3.85. The van der Waals surface area contributed by atoms with Gasteiger partial charge in [0.25, 0.3) is 10.0 Å². The molecule has 1 aromatic heterocycles. The standard InChI is InChI=1S/C21H24N2O5S/c1-13-8-9-18(22-12-13)29(26,27)23-16-7-5-6-15(10-16)14(2)19-17(24)11-21(3,4)28-20(19)25/h5-10,12,14,23-24H,11H2,1-4H3. The maximum absolute atomic E-state index is 12.6. The number of esters is 1. The first-order valence-electron chi connectivity index (χ1n) is 9.19. The number of aliphatic hydroxyl groups is 1. The van der Waals surface area contributed by atoms with Gasteiger partial charge >= 0.3 is 5.97 Å². The minimum absolute atomic E-state index is 0.00594. The second-order valence-electron chi connectivity index (χ2n) is 7.81. The molecule has 0 fully saturated rings. The molecule has 0 amide bonds. The third-order valence-electron chi connectivity index (χ3n) is 4.72. The molecule has 0 saturated carbocycles. The second kappa shape index (κ2) is 7.51. The number of anilines is 1. The molecule has 29 heavy (non-hydrogen) atoms. The van der Waals surface area contributed by atoms with Crippen molar-refractivity contribution in [3.8, 4) is 0 Å². The van der Waals surface area contributed by atoms with Crippen LogP contribution in [-0.2, 0) is 19.6 Å². The van der Waals surface area contributed by atoms with Crippen LogP contribution < -0.4 is 4.72 Å². The Balaban J connectivity index is 1.88. The Morgan fingerprint density at radius 1 is 1.24 bits per heavy atom. The van der Waals surface area contributed by atoms with Crippen molar-refractivity contribution in [1.29, 1.82) is 0 Å². The number of rotatable bonds is 5. The van der Waals surface area contributed by atoms with Crippen molar-refractivity contribution in [2.45, 2.75) is 50.7 Å². The van der Waals surface area contributed by atoms with Gasteiger partial charge in [-0.1, -0.05) is 25.1 Å². The first kappa shape index (κ1) is 20.9. The van der Waals surface area contributed by atoms with E-state index in [0.717, 1.165) is 5.56 Å². The predicted octanol–water partition coefficient (Wildman–Crippen LogP) is 3.83. The second-order valence-corrected chi connectivity index (χ2v) is 9.44. The van der Waals surface area contributed by atoms with Gasteiger partial charge in [0.15, 0.2) is 5.03 Å². The molecule has 1 aromatic carbocycles. The fourth-order valence-electron chi connectivity index (χ4n) is 3.24. The average Bonchev–Trinajstić information content (AvgIpc) is 2.60. The number of sulfonamides is 1. The molecule has 154 valence electrons. The van der Waals surface area contributed by atoms with E-state index in [-0.39, 0.29) is 22.8 Å². The Kier molecular flexibility index (Phi) is 5.40. The Morgan fingerprint density at radius 2 is 1.97 bits per heavy atom. The third-order valence-corrected chi connectivity index (χ3v) is 6.02. The number of hydrogen-bond donors (Lipinski definition) is 2. The lowest BCUT2D eigenvalue weighted by Crippen LogP contribution is -2.35. The number of benzene rings is 1. The molecule has 0 bridgehead atoms. The molecule has 0 aliphatic carbocycles. The van der Waals surface area contributed by atoms with E-state index in [1.54, 1.807) is 51.1 Å². The lowest BCUT2D eigenvalue weighted by molar-refractivity contribution is -0.155. The van der Waals surface area contributed by atoms with Crippen LogP contribution in [0.3, 0.4) is 0 Å². The summed E-state index contributed by atoms with van der Waals surface area (Å²) in [5.74, 6) is -1.05. The van der Waals surface area contributed by atoms with Crippen molar-refractivity contribution in [2.24, 2.45) is 0 Å². The number of ether oxygens (including phenoxy) is 1. The minimum Gasteiger partial charge on any atom is -0.512 e. The predicted molar refractivity (Wildman–Crippen MR) is 109 cm³/mol. The van der Waals surface area contributed by atoms with E-state index in [0.29, 0.717) is 11.3 Å². The molecule has 3 rings (SSSR count). The quantitative estimate of drug-likeness (QED) is 0.718. The molecule has 1 aliphatic rings. The topological polar surface area (TPSA) is 106 Å². The van der Waals surface area contributed by atoms with Crippen molar-refractivity contribution in [3.63, 3.8) is 0 Å². The number of hydrogen-bond acceptors (Lipinski definition) is 6. The largest absolute Gasteiger partial charge is 0.512 e. The van der Waals surface area contributed by atoms with E-state index < -0.39 is 27.5 Å². The Labute approximate surface area is 170 Å². The molecule has 7 nitrogen and oxygen atoms in total. The zero-order valence-electron chi connectivity index (χ0n) is 16.8. The lowest BCUT2D eigenvalue weighted by Gasteiger charge is -2.32. The highest BCUT2D eigenvalue weighted by Crippen LogP contribution is 2.36. The first-order chi connectivity index (χ1) is 13.5. The molecule has 0 saturated heterocycles. The summed E-state index contributed by atoms with van der Waals surface area (Å²) >= 11 is 0. The number of carbonyl (C=O) groups is 1. The molecule has 1 aliphatic heterocycles. The van der Waals surface area contributed by atoms with Crippen molar-refractivity contribution in [2.75, 3.05) is 4.72 Å². The molecular weight excluding hydrogens is 392 g/mol. The number of nitrogens with one attached hydrogen (secondary N) is 1. The van der Waals surface area contributed by atoms with E-state index >= 15 is 0 Å². The smallest absolute Gasteiger partial charge is 0.338 e. The van der Waals surface area contributed by atoms with Gasteiger partial charge in [0.1, 0.15) is 11.4 Å². The number of pyridine rings is 1. The number of aliphatic hydroxyl groups excluding tert-OH is 1. The van der Waals surface area contributed by atoms with Gasteiger partial charge in [-0.05, 0) is 50.1 Å². The minimum atomic E-state index is -3.85. The summed E-state index contributed by atoms with van der Waals surface area (Å²) in [4.78, 5) is 16.4. The molecule has 8 heteroatoms. The van der Waals surface area contributed by atoms with Crippen LogP contribution in [0.1, 0.15) is 44.2 Å². The monoisotopic (exact) mass is 416 g/mol. The number of carbonyl (C=O) groups excluding carboxylic acids is 1. The van der Waals surface area contributed by atoms with Gasteiger partial charge in [-0.2, -0.15) is 8.42 Å². The fourth-order valence-corrected chi connectivity index (χ4v) is 4.22. The van der Waals surface area contributed by atoms with Crippen LogP contribution in [0.15, 0.2) is 59.0 Å². The molecule has 0 radical (unpaired) electrons. The van der Waals surface area contributed by atoms with E-state index in [2.05, 4.69) is 9.71 Å². The highest BCUT2D eigenvalue weighted by molar-refractivity contribution is 7.92. The first-order valence-corrected chi connectivity index (χ1v) is 10.7. The summed E-state index contributed by atoms with van der Waals surface area (Å²) in [6.07, 6.45) is 1.71. The Hall–Kier alpha value is -2.87. The van der Waals surface area contributed by atoms with Crippen molar-refractivity contribution in [3.05, 3.63) is 65.1 Å². The highest BCUT2D eigenvalue weighted by Gasteiger charge is 2.37. The lowest BCUT2D eigenvalue weighted by atomic mass is 9.87. The summed E-state index contributed by atoms with van der Waals surface area (Å²) in [5.41, 5.74) is 1.28. The van der Waals surface area contributed by atoms with Gasteiger partial charge in [-0.25, -0.2) is 9.78 Å². The van der Waals surface area contributed by atoms with Gasteiger partial charge < -0.3 is 9.84 Å². The summed E-state index contributed by atoms with van der Waals surface area (Å²) in [6.45, 7) is 7.05. The van der Waals surface area contributed by atoms with Crippen molar-refractivity contribution in [1.82, 2.24) is 4.98 Å². The molecule has 2 aromatic rings. The zero-order chi connectivity index (χ0) is 21.4. The van der Waals surface area contributed by atoms with Crippen LogP contribution in [-0.4, -0.2) is 30.1 Å². The Bertz CT molecular complexity index is 1070. The summed E-state index contributed by atoms with van der Waals surface area (Å²) < 4.78 is 33.1. The zero-order valence-corrected chi connectivity index (χ0v) is 17.6. The third kappa shape index (κ3) is 4.59. The molecule has 2 heterocycles. The van der Waals surface area contributed by atoms with Crippen LogP contribution in [0, 0.1) is 6.92 Å². The van der Waals surface area contributed by atoms with Crippen molar-refractivity contribution >= 4 is 21.7 Å². The van der Waals surface area contributed by atoms with Crippen molar-refractivity contribution < 1.29 is 23.1 Å². The van der Waals surface area contributed by atoms with Gasteiger partial charge in [0.2, 0.25) is 0 Å². The summed E-state index contributed by atoms with van der Waals surface area (Å²) in [5, 5.41) is 10.3.